The van der Waals surface area contributed by atoms with E-state index in [0.717, 1.165) is 55.3 Å². The number of amides is 1. The van der Waals surface area contributed by atoms with E-state index in [-0.39, 0.29) is 12.5 Å². The van der Waals surface area contributed by atoms with Gasteiger partial charge in [0, 0.05) is 37.2 Å². The highest BCUT2D eigenvalue weighted by atomic mass is 16.2. The zero-order chi connectivity index (χ0) is 24.3. The maximum atomic E-state index is 13.7. The molecule has 3 aromatic rings. The van der Waals surface area contributed by atoms with Crippen LogP contribution in [-0.2, 0) is 13.0 Å². The number of aromatic nitrogens is 5. The monoisotopic (exact) mass is 473 g/mol. The molecule has 182 valence electrons. The first kappa shape index (κ1) is 22.1. The fourth-order valence-corrected chi connectivity index (χ4v) is 5.63. The smallest absolute Gasteiger partial charge is 0.260 e. The minimum absolute atomic E-state index is 0.0922. The Bertz CT molecular complexity index is 1300. The van der Waals surface area contributed by atoms with Gasteiger partial charge < -0.3 is 20.9 Å². The third-order valence-electron chi connectivity index (χ3n) is 7.62. The number of carbonyl (C=O) groups excluding carboxylic acids is 1. The van der Waals surface area contributed by atoms with Crippen LogP contribution in [0.5, 0.6) is 0 Å². The van der Waals surface area contributed by atoms with Crippen molar-refractivity contribution in [1.29, 1.82) is 0 Å². The van der Waals surface area contributed by atoms with E-state index in [4.69, 9.17) is 21.4 Å². The topological polar surface area (TPSA) is 132 Å². The maximum Gasteiger partial charge on any atom is 0.260 e. The lowest BCUT2D eigenvalue weighted by Crippen LogP contribution is -2.29. The second-order valence-corrected chi connectivity index (χ2v) is 9.89. The van der Waals surface area contributed by atoms with Crippen molar-refractivity contribution in [2.24, 2.45) is 11.5 Å². The summed E-state index contributed by atoms with van der Waals surface area (Å²) in [5.74, 6) is 3.02. The predicted molar refractivity (Wildman–Crippen MR) is 133 cm³/mol. The average molecular weight is 474 g/mol. The summed E-state index contributed by atoms with van der Waals surface area (Å²) in [6.07, 6.45) is 4.19. The van der Waals surface area contributed by atoms with Crippen LogP contribution in [0.15, 0.2) is 24.3 Å². The van der Waals surface area contributed by atoms with Gasteiger partial charge >= 0.3 is 0 Å². The number of aryl methyl sites for hydroxylation is 1. The summed E-state index contributed by atoms with van der Waals surface area (Å²) in [4.78, 5) is 27.4. The first-order valence-electron chi connectivity index (χ1n) is 12.5. The van der Waals surface area contributed by atoms with Crippen molar-refractivity contribution in [2.45, 2.75) is 64.2 Å². The molecule has 3 atom stereocenters. The van der Waals surface area contributed by atoms with Gasteiger partial charge in [0.05, 0.1) is 23.8 Å². The van der Waals surface area contributed by atoms with Crippen LogP contribution in [0.4, 0.5) is 11.6 Å². The second-order valence-electron chi connectivity index (χ2n) is 9.89. The van der Waals surface area contributed by atoms with Gasteiger partial charge in [-0.05, 0) is 51.3 Å². The summed E-state index contributed by atoms with van der Waals surface area (Å²) in [6, 6.07) is 7.88. The molecule has 1 fully saturated rings. The number of carbonyl (C=O) groups is 1. The molecule has 0 radical (unpaired) electrons. The lowest BCUT2D eigenvalue weighted by molar-refractivity contribution is 0.0996. The molecule has 3 aliphatic rings. The Balaban J connectivity index is 1.38. The normalized spacial score (nSPS) is 22.1. The molecule has 1 saturated heterocycles. The minimum atomic E-state index is -0.436. The molecule has 0 aromatic carbocycles. The van der Waals surface area contributed by atoms with Crippen molar-refractivity contribution in [3.05, 3.63) is 46.9 Å². The molecular weight excluding hydrogens is 442 g/mol. The van der Waals surface area contributed by atoms with E-state index in [1.807, 2.05) is 24.3 Å². The zero-order valence-corrected chi connectivity index (χ0v) is 20.2. The summed E-state index contributed by atoms with van der Waals surface area (Å²) >= 11 is 0. The zero-order valence-electron chi connectivity index (χ0n) is 20.2. The molecule has 3 aliphatic heterocycles. The van der Waals surface area contributed by atoms with Gasteiger partial charge in [-0.3, -0.25) is 9.69 Å². The van der Waals surface area contributed by atoms with Gasteiger partial charge in [-0.2, -0.15) is 0 Å². The molecule has 0 bridgehead atoms. The number of hydrogen-bond donors (Lipinski definition) is 2. The lowest BCUT2D eigenvalue weighted by atomic mass is 10.0. The van der Waals surface area contributed by atoms with Crippen molar-refractivity contribution in [3.8, 4) is 11.5 Å². The number of pyridine rings is 2. The van der Waals surface area contributed by atoms with Gasteiger partial charge in [-0.25, -0.2) is 9.97 Å². The Morgan fingerprint density at radius 3 is 2.74 bits per heavy atom. The van der Waals surface area contributed by atoms with E-state index in [9.17, 15) is 4.79 Å². The fraction of sp³-hybridized carbons (Fsp3) is 0.480. The Kier molecular flexibility index (Phi) is 5.30. The van der Waals surface area contributed by atoms with Crippen molar-refractivity contribution in [2.75, 3.05) is 22.9 Å². The van der Waals surface area contributed by atoms with Crippen LogP contribution < -0.4 is 21.3 Å². The number of anilines is 2. The number of nitrogens with two attached hydrogens (primary N) is 2. The highest BCUT2D eigenvalue weighted by Gasteiger charge is 2.36. The van der Waals surface area contributed by atoms with Crippen LogP contribution in [0.2, 0.25) is 0 Å². The quantitative estimate of drug-likeness (QED) is 0.577. The molecule has 1 amide bonds. The largest absolute Gasteiger partial charge is 0.354 e. The van der Waals surface area contributed by atoms with E-state index in [1.165, 1.54) is 0 Å². The number of fused-ring (bicyclic) bond motifs is 2. The predicted octanol–water partition coefficient (Wildman–Crippen LogP) is 2.35. The average Bonchev–Trinajstić information content (AvgIpc) is 3.64. The molecule has 0 saturated carbocycles. The first-order chi connectivity index (χ1) is 17.0. The second kappa shape index (κ2) is 8.39. The van der Waals surface area contributed by atoms with Crippen LogP contribution in [0, 0.1) is 0 Å². The Morgan fingerprint density at radius 1 is 1.11 bits per heavy atom. The molecule has 0 aliphatic carbocycles. The van der Waals surface area contributed by atoms with E-state index >= 15 is 0 Å². The number of nitrogens with zero attached hydrogens (tertiary/aromatic N) is 7. The van der Waals surface area contributed by atoms with E-state index in [1.54, 1.807) is 4.90 Å². The Labute approximate surface area is 204 Å². The Morgan fingerprint density at radius 2 is 1.97 bits per heavy atom. The van der Waals surface area contributed by atoms with Gasteiger partial charge in [0.25, 0.3) is 5.91 Å². The SMILES string of the molecule is C[C@@H]1CCCN1c1cc2c(c([C@H](N)CN)n1)CN(c1cccc(-c3nnc4n3[C@@H](C)CC4)n1)C2=O. The highest BCUT2D eigenvalue weighted by Crippen LogP contribution is 2.36. The van der Waals surface area contributed by atoms with Crippen molar-refractivity contribution in [1.82, 2.24) is 24.7 Å². The summed E-state index contributed by atoms with van der Waals surface area (Å²) in [5.41, 5.74) is 15.2. The summed E-state index contributed by atoms with van der Waals surface area (Å²) in [6.45, 7) is 5.91. The van der Waals surface area contributed by atoms with Gasteiger partial charge in [0.2, 0.25) is 0 Å². The van der Waals surface area contributed by atoms with Crippen molar-refractivity contribution < 1.29 is 4.79 Å². The highest BCUT2D eigenvalue weighted by molar-refractivity contribution is 6.10. The first-order valence-corrected chi connectivity index (χ1v) is 12.5. The standard InChI is InChI=1S/C25H31N9O/c1-14-5-4-10-32(14)22-11-16-17(23(29-22)18(27)12-26)13-33(25(16)35)20-7-3-6-19(28-20)24-31-30-21-9-8-15(2)34(21)24/h3,6-7,11,14-15,18H,4-5,8-10,12-13,26-27H2,1-2H3/t14-,15+,18-/m1/s1. The number of hydrogen-bond acceptors (Lipinski definition) is 8. The third-order valence-corrected chi connectivity index (χ3v) is 7.62. The minimum Gasteiger partial charge on any atom is -0.354 e. The summed E-state index contributed by atoms with van der Waals surface area (Å²) < 4.78 is 2.15. The molecule has 0 spiro atoms. The maximum absolute atomic E-state index is 13.7. The van der Waals surface area contributed by atoms with E-state index in [2.05, 4.69) is 33.5 Å². The fourth-order valence-electron chi connectivity index (χ4n) is 5.63. The molecule has 3 aromatic heterocycles. The van der Waals surface area contributed by atoms with E-state index < -0.39 is 6.04 Å². The molecule has 4 N–H and O–H groups in total. The third kappa shape index (κ3) is 3.51. The van der Waals surface area contributed by atoms with Gasteiger partial charge in [0.1, 0.15) is 23.2 Å². The number of rotatable bonds is 5. The van der Waals surface area contributed by atoms with Gasteiger partial charge in [-0.15, -0.1) is 10.2 Å². The summed E-state index contributed by atoms with van der Waals surface area (Å²) in [5, 5.41) is 8.74. The van der Waals surface area contributed by atoms with Crippen LogP contribution >= 0.6 is 0 Å². The molecule has 6 rings (SSSR count). The molecule has 6 heterocycles. The van der Waals surface area contributed by atoms with Crippen molar-refractivity contribution in [3.63, 3.8) is 0 Å². The molecule has 0 unspecified atom stereocenters. The van der Waals surface area contributed by atoms with Crippen LogP contribution in [0.3, 0.4) is 0 Å². The van der Waals surface area contributed by atoms with Crippen LogP contribution in [0.25, 0.3) is 11.5 Å². The lowest BCUT2D eigenvalue weighted by Gasteiger charge is -2.25. The Hall–Kier alpha value is -3.37. The summed E-state index contributed by atoms with van der Waals surface area (Å²) in [7, 11) is 0. The van der Waals surface area contributed by atoms with Crippen LogP contribution in [-0.4, -0.2) is 49.8 Å². The van der Waals surface area contributed by atoms with E-state index in [0.29, 0.717) is 41.4 Å². The van der Waals surface area contributed by atoms with Crippen LogP contribution in [0.1, 0.15) is 72.6 Å². The molecule has 35 heavy (non-hydrogen) atoms. The van der Waals surface area contributed by atoms with Gasteiger partial charge in [0.15, 0.2) is 5.82 Å². The molecule has 10 heteroatoms. The van der Waals surface area contributed by atoms with Gasteiger partial charge in [-0.1, -0.05) is 6.07 Å². The molecule has 10 nitrogen and oxygen atoms in total. The van der Waals surface area contributed by atoms with Crippen molar-refractivity contribution >= 4 is 17.5 Å². The molecular formula is C25H31N9O.